The summed E-state index contributed by atoms with van der Waals surface area (Å²) in [6.45, 7) is 12.9. The monoisotopic (exact) mass is 290 g/mol. The molecule has 2 rings (SSSR count). The molecule has 1 fully saturated rings. The molecule has 1 aliphatic rings. The second-order valence-corrected chi connectivity index (χ2v) is 6.53. The maximum atomic E-state index is 12.5. The number of likely N-dealkylation sites (N-methyl/N-ethyl adjacent to an activating group) is 1. The van der Waals surface area contributed by atoms with Gasteiger partial charge in [0.2, 0.25) is 0 Å². The van der Waals surface area contributed by atoms with E-state index in [0.29, 0.717) is 5.69 Å². The number of amides is 1. The second kappa shape index (κ2) is 6.43. The first kappa shape index (κ1) is 15.8. The third-order valence-corrected chi connectivity index (χ3v) is 3.61. The Labute approximate surface area is 127 Å². The van der Waals surface area contributed by atoms with Crippen molar-refractivity contribution in [3.8, 4) is 0 Å². The molecule has 1 N–H and O–H groups in total. The molecule has 1 aliphatic heterocycles. The van der Waals surface area contributed by atoms with Crippen molar-refractivity contribution in [1.29, 1.82) is 0 Å². The quantitative estimate of drug-likeness (QED) is 0.926. The Bertz CT molecular complexity index is 487. The summed E-state index contributed by atoms with van der Waals surface area (Å²) in [7, 11) is 0. The highest BCUT2D eigenvalue weighted by atomic mass is 16.2. The van der Waals surface area contributed by atoms with E-state index in [1.807, 2.05) is 17.0 Å². The number of pyridine rings is 1. The fraction of sp³-hybridized carbons (Fsp3) is 0.625. The number of rotatable bonds is 3. The van der Waals surface area contributed by atoms with Crippen molar-refractivity contribution in [3.63, 3.8) is 0 Å². The summed E-state index contributed by atoms with van der Waals surface area (Å²) in [6, 6.07) is 3.75. The molecule has 0 unspecified atom stereocenters. The van der Waals surface area contributed by atoms with Crippen molar-refractivity contribution in [2.24, 2.45) is 0 Å². The van der Waals surface area contributed by atoms with Crippen LogP contribution in [0.15, 0.2) is 18.3 Å². The molecule has 0 bridgehead atoms. The smallest absolute Gasteiger partial charge is 0.272 e. The number of nitrogens with one attached hydrogen (secondary N) is 1. The molecule has 1 amide bonds. The SMILES string of the molecule is CCN1CCN(C(=O)c2cc(NC(C)(C)C)ccn2)CC1. The Morgan fingerprint density at radius 2 is 1.95 bits per heavy atom. The standard InChI is InChI=1S/C16H26N4O/c1-5-19-8-10-20(11-9-19)15(21)14-12-13(6-7-17-14)18-16(2,3)4/h6-7,12H,5,8-11H2,1-4H3,(H,17,18). The zero-order chi connectivity index (χ0) is 15.5. The molecule has 1 aromatic heterocycles. The fourth-order valence-electron chi connectivity index (χ4n) is 2.49. The normalized spacial score (nSPS) is 16.9. The van der Waals surface area contributed by atoms with Gasteiger partial charge in [-0.05, 0) is 39.4 Å². The van der Waals surface area contributed by atoms with Crippen molar-refractivity contribution in [3.05, 3.63) is 24.0 Å². The fourth-order valence-corrected chi connectivity index (χ4v) is 2.49. The van der Waals surface area contributed by atoms with Crippen LogP contribution in [0, 0.1) is 0 Å². The van der Waals surface area contributed by atoms with E-state index in [2.05, 4.69) is 42.9 Å². The Morgan fingerprint density at radius 3 is 2.52 bits per heavy atom. The number of nitrogens with zero attached hydrogens (tertiary/aromatic N) is 3. The van der Waals surface area contributed by atoms with Crippen molar-refractivity contribution >= 4 is 11.6 Å². The van der Waals surface area contributed by atoms with E-state index in [0.717, 1.165) is 38.4 Å². The summed E-state index contributed by atoms with van der Waals surface area (Å²) >= 11 is 0. The molecule has 0 saturated carbocycles. The number of carbonyl (C=O) groups is 1. The van der Waals surface area contributed by atoms with Gasteiger partial charge in [0.05, 0.1) is 0 Å². The zero-order valence-corrected chi connectivity index (χ0v) is 13.5. The maximum absolute atomic E-state index is 12.5. The Kier molecular flexibility index (Phi) is 4.83. The van der Waals surface area contributed by atoms with Crippen LogP contribution in [0.1, 0.15) is 38.2 Å². The minimum Gasteiger partial charge on any atom is -0.380 e. The van der Waals surface area contributed by atoms with Crippen molar-refractivity contribution < 1.29 is 4.79 Å². The second-order valence-electron chi connectivity index (χ2n) is 6.53. The van der Waals surface area contributed by atoms with Crippen LogP contribution in [0.3, 0.4) is 0 Å². The number of hydrogen-bond donors (Lipinski definition) is 1. The summed E-state index contributed by atoms with van der Waals surface area (Å²) in [4.78, 5) is 21.0. The lowest BCUT2D eigenvalue weighted by Gasteiger charge is -2.33. The highest BCUT2D eigenvalue weighted by Crippen LogP contribution is 2.16. The summed E-state index contributed by atoms with van der Waals surface area (Å²) in [5, 5.41) is 3.38. The Balaban J connectivity index is 2.04. The van der Waals surface area contributed by atoms with Gasteiger partial charge < -0.3 is 15.1 Å². The van der Waals surface area contributed by atoms with Gasteiger partial charge in [-0.2, -0.15) is 0 Å². The van der Waals surface area contributed by atoms with Crippen LogP contribution in [0.2, 0.25) is 0 Å². The molecule has 116 valence electrons. The summed E-state index contributed by atoms with van der Waals surface area (Å²) < 4.78 is 0. The largest absolute Gasteiger partial charge is 0.380 e. The van der Waals surface area contributed by atoms with Crippen LogP contribution < -0.4 is 5.32 Å². The molecular weight excluding hydrogens is 264 g/mol. The summed E-state index contributed by atoms with van der Waals surface area (Å²) in [5.74, 6) is 0.0308. The summed E-state index contributed by atoms with van der Waals surface area (Å²) in [5.41, 5.74) is 1.43. The van der Waals surface area contributed by atoms with Gasteiger partial charge in [-0.1, -0.05) is 6.92 Å². The predicted octanol–water partition coefficient (Wildman–Crippen LogP) is 2.07. The van der Waals surface area contributed by atoms with Crippen LogP contribution in [0.25, 0.3) is 0 Å². The molecule has 1 aromatic rings. The molecule has 21 heavy (non-hydrogen) atoms. The minimum absolute atomic E-state index is 0.0308. The van der Waals surface area contributed by atoms with Crippen LogP contribution in [0.4, 0.5) is 5.69 Å². The lowest BCUT2D eigenvalue weighted by atomic mass is 10.1. The summed E-state index contributed by atoms with van der Waals surface area (Å²) in [6.07, 6.45) is 1.70. The van der Waals surface area contributed by atoms with Crippen LogP contribution >= 0.6 is 0 Å². The van der Waals surface area contributed by atoms with E-state index < -0.39 is 0 Å². The Hall–Kier alpha value is -1.62. The molecule has 5 nitrogen and oxygen atoms in total. The van der Waals surface area contributed by atoms with Gasteiger partial charge >= 0.3 is 0 Å². The van der Waals surface area contributed by atoms with Gasteiger partial charge in [0.25, 0.3) is 5.91 Å². The number of aromatic nitrogens is 1. The van der Waals surface area contributed by atoms with Crippen molar-refractivity contribution in [2.75, 3.05) is 38.0 Å². The van der Waals surface area contributed by atoms with Crippen LogP contribution in [0.5, 0.6) is 0 Å². The van der Waals surface area contributed by atoms with E-state index in [4.69, 9.17) is 0 Å². The molecule has 0 spiro atoms. The molecule has 1 saturated heterocycles. The van der Waals surface area contributed by atoms with E-state index in [9.17, 15) is 4.79 Å². The molecular formula is C16H26N4O. The number of carbonyl (C=O) groups excluding carboxylic acids is 1. The lowest BCUT2D eigenvalue weighted by molar-refractivity contribution is 0.0637. The first-order valence-corrected chi connectivity index (χ1v) is 7.65. The van der Waals surface area contributed by atoms with Crippen molar-refractivity contribution in [1.82, 2.24) is 14.8 Å². The van der Waals surface area contributed by atoms with Crippen LogP contribution in [-0.2, 0) is 0 Å². The highest BCUT2D eigenvalue weighted by molar-refractivity contribution is 5.93. The lowest BCUT2D eigenvalue weighted by Crippen LogP contribution is -2.48. The van der Waals surface area contributed by atoms with Gasteiger partial charge in [0, 0.05) is 43.6 Å². The molecule has 0 radical (unpaired) electrons. The van der Waals surface area contributed by atoms with Gasteiger partial charge in [0.1, 0.15) is 5.69 Å². The average Bonchev–Trinajstić information content (AvgIpc) is 2.45. The third-order valence-electron chi connectivity index (χ3n) is 3.61. The predicted molar refractivity (Wildman–Crippen MR) is 85.6 cm³/mol. The Morgan fingerprint density at radius 1 is 1.29 bits per heavy atom. The highest BCUT2D eigenvalue weighted by Gasteiger charge is 2.22. The van der Waals surface area contributed by atoms with E-state index in [-0.39, 0.29) is 11.4 Å². The molecule has 0 atom stereocenters. The van der Waals surface area contributed by atoms with Crippen molar-refractivity contribution in [2.45, 2.75) is 33.2 Å². The maximum Gasteiger partial charge on any atom is 0.272 e. The van der Waals surface area contributed by atoms with Gasteiger partial charge in [-0.15, -0.1) is 0 Å². The topological polar surface area (TPSA) is 48.5 Å². The first-order chi connectivity index (χ1) is 9.89. The van der Waals surface area contributed by atoms with E-state index >= 15 is 0 Å². The number of piperazine rings is 1. The molecule has 0 aromatic carbocycles. The van der Waals surface area contributed by atoms with E-state index in [1.165, 1.54) is 0 Å². The first-order valence-electron chi connectivity index (χ1n) is 7.65. The molecule has 5 heteroatoms. The number of anilines is 1. The van der Waals surface area contributed by atoms with Crippen LogP contribution in [-0.4, -0.2) is 59.0 Å². The van der Waals surface area contributed by atoms with Gasteiger partial charge in [-0.3, -0.25) is 9.78 Å². The molecule has 2 heterocycles. The minimum atomic E-state index is -0.0333. The average molecular weight is 290 g/mol. The van der Waals surface area contributed by atoms with Gasteiger partial charge in [-0.25, -0.2) is 0 Å². The third kappa shape index (κ3) is 4.43. The van der Waals surface area contributed by atoms with E-state index in [1.54, 1.807) is 6.20 Å². The number of hydrogen-bond acceptors (Lipinski definition) is 4. The zero-order valence-electron chi connectivity index (χ0n) is 13.5. The van der Waals surface area contributed by atoms with Gasteiger partial charge in [0.15, 0.2) is 0 Å². The molecule has 0 aliphatic carbocycles.